The number of likely N-dealkylation sites (tertiary alicyclic amines) is 1. The number of carbonyl (C=O) groups excluding carboxylic acids is 1. The highest BCUT2D eigenvalue weighted by Crippen LogP contribution is 2.35. The lowest BCUT2D eigenvalue weighted by atomic mass is 9.85. The second-order valence-corrected chi connectivity index (χ2v) is 12.3. The zero-order valence-corrected chi connectivity index (χ0v) is 24.7. The molecule has 9 nitrogen and oxygen atoms in total. The first kappa shape index (κ1) is 27.9. The number of benzene rings is 2. The Labute approximate surface area is 240 Å². The third-order valence-electron chi connectivity index (χ3n) is 7.28. The van der Waals surface area contributed by atoms with E-state index in [0.29, 0.717) is 35.3 Å². The van der Waals surface area contributed by atoms with Crippen LogP contribution >= 0.6 is 11.8 Å². The third kappa shape index (κ3) is 6.39. The molecule has 10 heteroatoms. The molecular formula is C30H38N8OS. The molecule has 0 aliphatic carbocycles. The zero-order valence-electron chi connectivity index (χ0n) is 23.9. The molecule has 210 valence electrons. The maximum absolute atomic E-state index is 11.8. The number of hydrogen-bond donors (Lipinski definition) is 3. The van der Waals surface area contributed by atoms with E-state index in [1.807, 2.05) is 23.9 Å². The lowest BCUT2D eigenvalue weighted by Gasteiger charge is -2.32. The number of rotatable bonds is 9. The first-order chi connectivity index (χ1) is 19.3. The van der Waals surface area contributed by atoms with Gasteiger partial charge in [0.25, 0.3) is 0 Å². The van der Waals surface area contributed by atoms with Crippen molar-refractivity contribution in [2.75, 3.05) is 37.3 Å². The number of carbonyl (C=O) groups is 1. The Morgan fingerprint density at radius 3 is 2.55 bits per heavy atom. The fourth-order valence-corrected chi connectivity index (χ4v) is 6.14. The highest BCUT2D eigenvalue weighted by atomic mass is 32.2. The number of hydrogen-bond acceptors (Lipinski definition) is 8. The summed E-state index contributed by atoms with van der Waals surface area (Å²) in [6.45, 7) is 11.0. The summed E-state index contributed by atoms with van der Waals surface area (Å²) in [5.41, 5.74) is 6.48. The molecule has 2 aromatic carbocycles. The smallest absolute Gasteiger partial charge is 0.233 e. The molecule has 0 unspecified atom stereocenters. The van der Waals surface area contributed by atoms with Gasteiger partial charge in [0.15, 0.2) is 5.65 Å². The van der Waals surface area contributed by atoms with Gasteiger partial charge >= 0.3 is 0 Å². The Balaban J connectivity index is 1.36. The number of aryl methyl sites for hydroxylation is 2. The van der Waals surface area contributed by atoms with Crippen molar-refractivity contribution in [3.8, 4) is 0 Å². The molecule has 2 aromatic heterocycles. The van der Waals surface area contributed by atoms with Crippen LogP contribution in [0.25, 0.3) is 5.65 Å². The second-order valence-electron chi connectivity index (χ2n) is 10.6. The molecule has 0 spiro atoms. The fraction of sp³-hybridized carbons (Fsp3) is 0.400. The predicted octanol–water partition coefficient (Wildman–Crippen LogP) is 5.65. The number of likely N-dealkylation sites (N-methyl/N-ethyl adjacent to an activating group) is 1. The van der Waals surface area contributed by atoms with E-state index in [1.165, 1.54) is 11.1 Å². The number of para-hydroxylation sites is 1. The van der Waals surface area contributed by atoms with Gasteiger partial charge in [0.1, 0.15) is 0 Å². The van der Waals surface area contributed by atoms with Crippen LogP contribution < -0.4 is 16.0 Å². The Kier molecular flexibility index (Phi) is 8.56. The van der Waals surface area contributed by atoms with Crippen LogP contribution in [-0.4, -0.2) is 62.3 Å². The Morgan fingerprint density at radius 2 is 1.80 bits per heavy atom. The summed E-state index contributed by atoms with van der Waals surface area (Å²) in [5, 5.41) is 14.6. The highest BCUT2D eigenvalue weighted by Gasteiger charge is 2.24. The number of piperidine rings is 1. The van der Waals surface area contributed by atoms with Gasteiger partial charge in [-0.2, -0.15) is 19.6 Å². The number of amides is 1. The number of nitrogens with one attached hydrogen (secondary N) is 3. The molecule has 1 aliphatic rings. The minimum Gasteiger partial charge on any atom is -0.358 e. The number of anilines is 4. The van der Waals surface area contributed by atoms with Crippen LogP contribution in [0.5, 0.6) is 0 Å². The normalized spacial score (nSPS) is 14.6. The minimum absolute atomic E-state index is 0.0780. The fourth-order valence-electron chi connectivity index (χ4n) is 5.23. The van der Waals surface area contributed by atoms with Gasteiger partial charge in [-0.3, -0.25) is 9.69 Å². The van der Waals surface area contributed by atoms with Gasteiger partial charge in [0, 0.05) is 28.9 Å². The Morgan fingerprint density at radius 1 is 1.02 bits per heavy atom. The molecule has 3 heterocycles. The summed E-state index contributed by atoms with van der Waals surface area (Å²) in [6.07, 6.45) is 3.84. The number of thioether (sulfide) groups is 1. The maximum Gasteiger partial charge on any atom is 0.233 e. The van der Waals surface area contributed by atoms with Gasteiger partial charge < -0.3 is 16.0 Å². The molecule has 0 radical (unpaired) electrons. The van der Waals surface area contributed by atoms with Crippen molar-refractivity contribution in [1.29, 1.82) is 0 Å². The topological polar surface area (TPSA) is 99.5 Å². The summed E-state index contributed by atoms with van der Waals surface area (Å²) in [7, 11) is 1.69. The van der Waals surface area contributed by atoms with E-state index < -0.39 is 0 Å². The van der Waals surface area contributed by atoms with Crippen LogP contribution in [0.15, 0.2) is 53.6 Å². The van der Waals surface area contributed by atoms with Crippen molar-refractivity contribution in [3.63, 3.8) is 0 Å². The molecule has 4 aromatic rings. The van der Waals surface area contributed by atoms with Gasteiger partial charge in [-0.1, -0.05) is 32.0 Å². The number of aromatic nitrogens is 4. The van der Waals surface area contributed by atoms with E-state index in [9.17, 15) is 4.79 Å². The standard InChI is InChI=1S/C30H38N8OS/c1-19(2)40-26-9-7-6-8-24(26)34-30-36-29(35-27-10-13-32-38(27)30)33-25-17-20(3)23(16-21(25)4)22-11-14-37(15-12-22)18-28(39)31-5/h6-10,13,16-17,19,22H,11-12,14-15,18H2,1-5H3,(H,31,39)(H2,33,34,35,36). The first-order valence-corrected chi connectivity index (χ1v) is 14.7. The molecule has 0 atom stereocenters. The average molecular weight is 559 g/mol. The molecule has 0 saturated carbocycles. The summed E-state index contributed by atoms with van der Waals surface area (Å²) in [5.74, 6) is 1.69. The van der Waals surface area contributed by atoms with Crippen LogP contribution in [-0.2, 0) is 4.79 Å². The lowest BCUT2D eigenvalue weighted by molar-refractivity contribution is -0.122. The van der Waals surface area contributed by atoms with E-state index in [2.05, 4.69) is 84.0 Å². The Hall–Kier alpha value is -3.63. The second kappa shape index (κ2) is 12.3. The average Bonchev–Trinajstić information content (AvgIpc) is 3.41. The van der Waals surface area contributed by atoms with Gasteiger partial charge in [-0.15, -0.1) is 11.8 Å². The Bertz CT molecular complexity index is 1490. The monoisotopic (exact) mass is 558 g/mol. The van der Waals surface area contributed by atoms with Crippen molar-refractivity contribution in [2.45, 2.75) is 56.6 Å². The van der Waals surface area contributed by atoms with Gasteiger partial charge in [-0.05, 0) is 80.6 Å². The van der Waals surface area contributed by atoms with Crippen molar-refractivity contribution in [2.24, 2.45) is 0 Å². The van der Waals surface area contributed by atoms with Crippen molar-refractivity contribution in [3.05, 3.63) is 65.4 Å². The van der Waals surface area contributed by atoms with Crippen molar-refractivity contribution < 1.29 is 4.79 Å². The summed E-state index contributed by atoms with van der Waals surface area (Å²) < 4.78 is 1.72. The number of nitrogens with zero attached hydrogens (tertiary/aromatic N) is 5. The minimum atomic E-state index is 0.0780. The van der Waals surface area contributed by atoms with Gasteiger partial charge in [0.2, 0.25) is 17.8 Å². The van der Waals surface area contributed by atoms with E-state index in [0.717, 1.165) is 47.8 Å². The van der Waals surface area contributed by atoms with Crippen LogP contribution in [0, 0.1) is 13.8 Å². The summed E-state index contributed by atoms with van der Waals surface area (Å²) in [4.78, 5) is 24.7. The van der Waals surface area contributed by atoms with Crippen LogP contribution in [0.1, 0.15) is 49.3 Å². The van der Waals surface area contributed by atoms with Gasteiger partial charge in [-0.25, -0.2) is 0 Å². The highest BCUT2D eigenvalue weighted by molar-refractivity contribution is 8.00. The van der Waals surface area contributed by atoms with Crippen LogP contribution in [0.3, 0.4) is 0 Å². The van der Waals surface area contributed by atoms with Gasteiger partial charge in [0.05, 0.1) is 18.4 Å². The molecule has 0 bridgehead atoms. The summed E-state index contributed by atoms with van der Waals surface area (Å²) in [6, 6.07) is 14.6. The zero-order chi connectivity index (χ0) is 28.2. The first-order valence-electron chi connectivity index (χ1n) is 13.9. The van der Waals surface area contributed by atoms with E-state index >= 15 is 0 Å². The molecular weight excluding hydrogens is 520 g/mol. The van der Waals surface area contributed by atoms with Crippen LogP contribution in [0.2, 0.25) is 0 Å². The van der Waals surface area contributed by atoms with E-state index in [-0.39, 0.29) is 5.91 Å². The molecule has 1 amide bonds. The lowest BCUT2D eigenvalue weighted by Crippen LogP contribution is -2.40. The van der Waals surface area contributed by atoms with E-state index in [1.54, 1.807) is 17.8 Å². The molecule has 1 saturated heterocycles. The number of fused-ring (bicyclic) bond motifs is 1. The van der Waals surface area contributed by atoms with E-state index in [4.69, 9.17) is 9.97 Å². The quantitative estimate of drug-likeness (QED) is 0.227. The molecule has 40 heavy (non-hydrogen) atoms. The molecule has 1 aliphatic heterocycles. The maximum atomic E-state index is 11.8. The van der Waals surface area contributed by atoms with Crippen molar-refractivity contribution in [1.82, 2.24) is 29.8 Å². The predicted molar refractivity (Wildman–Crippen MR) is 163 cm³/mol. The van der Waals surface area contributed by atoms with Crippen molar-refractivity contribution >= 4 is 46.6 Å². The SMILES string of the molecule is CNC(=O)CN1CCC(c2cc(C)c(Nc3nc(Nc4ccccc4SC(C)C)n4nccc4n3)cc2C)CC1. The molecule has 1 fully saturated rings. The molecule has 3 N–H and O–H groups in total. The third-order valence-corrected chi connectivity index (χ3v) is 8.37. The van der Waals surface area contributed by atoms with Crippen LogP contribution in [0.4, 0.5) is 23.3 Å². The molecule has 5 rings (SSSR count). The largest absolute Gasteiger partial charge is 0.358 e. The summed E-state index contributed by atoms with van der Waals surface area (Å²) >= 11 is 1.81.